The fourth-order valence-electron chi connectivity index (χ4n) is 2.94. The molecule has 1 aromatic rings. The van der Waals surface area contributed by atoms with Crippen LogP contribution in [-0.4, -0.2) is 32.4 Å². The Morgan fingerprint density at radius 3 is 2.55 bits per heavy atom. The van der Waals surface area contributed by atoms with E-state index in [-0.39, 0.29) is 10.3 Å². The summed E-state index contributed by atoms with van der Waals surface area (Å²) in [4.78, 5) is -0.205. The molecule has 0 aromatic heterocycles. The zero-order chi connectivity index (χ0) is 14.5. The first-order valence-electron chi connectivity index (χ1n) is 6.90. The molecule has 20 heavy (non-hydrogen) atoms. The second-order valence-electron chi connectivity index (χ2n) is 6.18. The van der Waals surface area contributed by atoms with E-state index in [1.807, 2.05) is 13.8 Å². The van der Waals surface area contributed by atoms with Gasteiger partial charge in [-0.1, -0.05) is 13.8 Å². The fourth-order valence-corrected chi connectivity index (χ4v) is 4.53. The zero-order valence-electron chi connectivity index (χ0n) is 11.7. The lowest BCUT2D eigenvalue weighted by atomic mass is 9.87. The molecule has 2 aliphatic rings. The number of anilines is 1. The van der Waals surface area contributed by atoms with Crippen LogP contribution in [0, 0.1) is 5.82 Å². The number of fused-ring (bicyclic) bond motifs is 1. The molecular weight excluding hydrogens is 279 g/mol. The van der Waals surface area contributed by atoms with E-state index < -0.39 is 15.8 Å². The molecular formula is C14H19FN2O2S. The average molecular weight is 298 g/mol. The van der Waals surface area contributed by atoms with Gasteiger partial charge in [-0.3, -0.25) is 0 Å². The lowest BCUT2D eigenvalue weighted by Crippen LogP contribution is -2.28. The highest BCUT2D eigenvalue weighted by molar-refractivity contribution is 7.89. The van der Waals surface area contributed by atoms with E-state index in [1.54, 1.807) is 0 Å². The maximum Gasteiger partial charge on any atom is 0.246 e. The Kier molecular flexibility index (Phi) is 3.06. The summed E-state index contributed by atoms with van der Waals surface area (Å²) in [5, 5.41) is 3.17. The van der Waals surface area contributed by atoms with Gasteiger partial charge >= 0.3 is 0 Å². The van der Waals surface area contributed by atoms with Gasteiger partial charge in [-0.15, -0.1) is 0 Å². The summed E-state index contributed by atoms with van der Waals surface area (Å²) in [6.45, 7) is 5.68. The van der Waals surface area contributed by atoms with Crippen LogP contribution in [0.2, 0.25) is 0 Å². The predicted octanol–water partition coefficient (Wildman–Crippen LogP) is 2.31. The molecule has 3 rings (SSSR count). The molecule has 0 amide bonds. The van der Waals surface area contributed by atoms with Crippen LogP contribution in [0.25, 0.3) is 0 Å². The van der Waals surface area contributed by atoms with Gasteiger partial charge in [0.1, 0.15) is 10.7 Å². The minimum Gasteiger partial charge on any atom is -0.384 e. The second-order valence-corrected chi connectivity index (χ2v) is 8.08. The lowest BCUT2D eigenvalue weighted by Gasteiger charge is -2.19. The Balaban J connectivity index is 2.08. The normalized spacial score (nSPS) is 21.8. The number of sulfonamides is 1. The van der Waals surface area contributed by atoms with Gasteiger partial charge in [0.25, 0.3) is 0 Å². The van der Waals surface area contributed by atoms with E-state index in [0.717, 1.165) is 24.1 Å². The van der Waals surface area contributed by atoms with Gasteiger partial charge in [-0.25, -0.2) is 12.8 Å². The van der Waals surface area contributed by atoms with Crippen LogP contribution < -0.4 is 5.32 Å². The number of benzene rings is 1. The minimum absolute atomic E-state index is 0.174. The first-order valence-corrected chi connectivity index (χ1v) is 8.34. The Morgan fingerprint density at radius 1 is 1.25 bits per heavy atom. The van der Waals surface area contributed by atoms with Crippen molar-refractivity contribution in [2.24, 2.45) is 0 Å². The smallest absolute Gasteiger partial charge is 0.246 e. The Bertz CT molecular complexity index is 649. The van der Waals surface area contributed by atoms with Crippen molar-refractivity contribution < 1.29 is 12.8 Å². The minimum atomic E-state index is -3.71. The van der Waals surface area contributed by atoms with Crippen molar-refractivity contribution in [3.05, 3.63) is 23.5 Å². The molecule has 4 nitrogen and oxygen atoms in total. The second kappa shape index (κ2) is 4.43. The molecule has 0 spiro atoms. The van der Waals surface area contributed by atoms with Crippen LogP contribution >= 0.6 is 0 Å². The summed E-state index contributed by atoms with van der Waals surface area (Å²) in [5.74, 6) is -0.646. The highest BCUT2D eigenvalue weighted by Crippen LogP contribution is 2.39. The number of hydrogen-bond donors (Lipinski definition) is 1. The molecule has 2 aliphatic heterocycles. The number of rotatable bonds is 2. The number of halogens is 1. The molecule has 1 aromatic carbocycles. The largest absolute Gasteiger partial charge is 0.384 e. The van der Waals surface area contributed by atoms with Gasteiger partial charge < -0.3 is 5.32 Å². The Labute approximate surface area is 119 Å². The third-order valence-electron chi connectivity index (χ3n) is 4.20. The average Bonchev–Trinajstić information content (AvgIpc) is 2.98. The molecule has 0 bridgehead atoms. The highest BCUT2D eigenvalue weighted by Gasteiger charge is 2.35. The maximum absolute atomic E-state index is 14.3. The van der Waals surface area contributed by atoms with Gasteiger partial charge in [0, 0.05) is 30.7 Å². The number of nitrogens with one attached hydrogen (secondary N) is 1. The van der Waals surface area contributed by atoms with Crippen LogP contribution in [0.5, 0.6) is 0 Å². The third kappa shape index (κ3) is 2.02. The SMILES string of the molecule is CC1(C)CNc2cc(S(=O)(=O)N3CCCC3)c(F)cc21. The van der Waals surface area contributed by atoms with Crippen molar-refractivity contribution in [3.8, 4) is 0 Å². The maximum atomic E-state index is 14.3. The summed E-state index contributed by atoms with van der Waals surface area (Å²) in [5.41, 5.74) is 1.40. The topological polar surface area (TPSA) is 49.4 Å². The molecule has 0 unspecified atom stereocenters. The monoisotopic (exact) mass is 298 g/mol. The van der Waals surface area contributed by atoms with Gasteiger partial charge in [0.15, 0.2) is 0 Å². The van der Waals surface area contributed by atoms with E-state index in [9.17, 15) is 12.8 Å². The van der Waals surface area contributed by atoms with Crippen molar-refractivity contribution in [2.75, 3.05) is 25.0 Å². The highest BCUT2D eigenvalue weighted by atomic mass is 32.2. The molecule has 0 aliphatic carbocycles. The molecule has 1 saturated heterocycles. The van der Waals surface area contributed by atoms with Crippen LogP contribution in [0.15, 0.2) is 17.0 Å². The molecule has 1 N–H and O–H groups in total. The molecule has 0 atom stereocenters. The van der Waals surface area contributed by atoms with Crippen molar-refractivity contribution in [1.82, 2.24) is 4.31 Å². The first kappa shape index (κ1) is 13.8. The molecule has 0 radical (unpaired) electrons. The van der Waals surface area contributed by atoms with Crippen molar-refractivity contribution in [3.63, 3.8) is 0 Å². The van der Waals surface area contributed by atoms with Crippen molar-refractivity contribution in [2.45, 2.75) is 37.0 Å². The van der Waals surface area contributed by atoms with Gasteiger partial charge in [0.05, 0.1) is 0 Å². The predicted molar refractivity (Wildman–Crippen MR) is 75.9 cm³/mol. The molecule has 1 fully saturated rings. The molecule has 0 saturated carbocycles. The molecule has 6 heteroatoms. The van der Waals surface area contributed by atoms with Crippen LogP contribution in [0.4, 0.5) is 10.1 Å². The van der Waals surface area contributed by atoms with Crippen molar-refractivity contribution >= 4 is 15.7 Å². The third-order valence-corrected chi connectivity index (χ3v) is 6.12. The van der Waals surface area contributed by atoms with Crippen LogP contribution in [0.1, 0.15) is 32.3 Å². The number of hydrogen-bond acceptors (Lipinski definition) is 3. The summed E-state index contributed by atoms with van der Waals surface area (Å²) in [7, 11) is -3.71. The van der Waals surface area contributed by atoms with Gasteiger partial charge in [-0.2, -0.15) is 4.31 Å². The van der Waals surface area contributed by atoms with Gasteiger partial charge in [-0.05, 0) is 30.5 Å². The van der Waals surface area contributed by atoms with Crippen LogP contribution in [-0.2, 0) is 15.4 Å². The molecule has 110 valence electrons. The lowest BCUT2D eigenvalue weighted by molar-refractivity contribution is 0.469. The fraction of sp³-hybridized carbons (Fsp3) is 0.571. The Morgan fingerprint density at radius 2 is 1.90 bits per heavy atom. The number of nitrogens with zero attached hydrogens (tertiary/aromatic N) is 1. The van der Waals surface area contributed by atoms with E-state index >= 15 is 0 Å². The van der Waals surface area contributed by atoms with Gasteiger partial charge in [0.2, 0.25) is 10.0 Å². The zero-order valence-corrected chi connectivity index (χ0v) is 12.6. The van der Waals surface area contributed by atoms with E-state index in [1.165, 1.54) is 16.4 Å². The summed E-state index contributed by atoms with van der Waals surface area (Å²) in [6.07, 6.45) is 1.69. The standard InChI is InChI=1S/C14H19FN2O2S/c1-14(2)9-16-12-8-13(11(15)7-10(12)14)20(18,19)17-5-3-4-6-17/h7-8,16H,3-6,9H2,1-2H3. The van der Waals surface area contributed by atoms with E-state index in [2.05, 4.69) is 5.32 Å². The molecule has 2 heterocycles. The van der Waals surface area contributed by atoms with Crippen molar-refractivity contribution in [1.29, 1.82) is 0 Å². The van der Waals surface area contributed by atoms with E-state index in [0.29, 0.717) is 19.6 Å². The first-order chi connectivity index (χ1) is 9.32. The summed E-state index contributed by atoms with van der Waals surface area (Å²) in [6, 6.07) is 2.82. The summed E-state index contributed by atoms with van der Waals surface area (Å²) >= 11 is 0. The quantitative estimate of drug-likeness (QED) is 0.911. The van der Waals surface area contributed by atoms with E-state index in [4.69, 9.17) is 0 Å². The van der Waals surface area contributed by atoms with Crippen LogP contribution in [0.3, 0.4) is 0 Å². The Hall–Kier alpha value is -1.14. The summed E-state index contributed by atoms with van der Waals surface area (Å²) < 4.78 is 40.6.